The number of nitrogens with zero attached hydrogens (tertiary/aromatic N) is 3. The number of unbranched alkanes of at least 4 members (excludes halogenated alkanes) is 1. The van der Waals surface area contributed by atoms with Gasteiger partial charge in [-0.15, -0.1) is 0 Å². The summed E-state index contributed by atoms with van der Waals surface area (Å²) in [5.41, 5.74) is 3.23. The topological polar surface area (TPSA) is 56.6 Å². The first-order valence-electron chi connectivity index (χ1n) is 11.5. The van der Waals surface area contributed by atoms with Crippen LogP contribution in [0.25, 0.3) is 11.0 Å². The highest BCUT2D eigenvalue weighted by atomic mass is 16.5. The van der Waals surface area contributed by atoms with Gasteiger partial charge in [-0.05, 0) is 70.9 Å². The van der Waals surface area contributed by atoms with E-state index in [1.807, 2.05) is 6.92 Å². The van der Waals surface area contributed by atoms with Crippen molar-refractivity contribution in [3.8, 4) is 0 Å². The third-order valence-corrected chi connectivity index (χ3v) is 6.41. The molecule has 2 aromatic rings. The van der Waals surface area contributed by atoms with Crippen LogP contribution in [0.3, 0.4) is 0 Å². The minimum Gasteiger partial charge on any atom is -0.385 e. The van der Waals surface area contributed by atoms with Gasteiger partial charge in [0.05, 0.1) is 6.04 Å². The summed E-state index contributed by atoms with van der Waals surface area (Å²) in [7, 11) is 1.75. The Bertz CT molecular complexity index is 868. The van der Waals surface area contributed by atoms with Crippen molar-refractivity contribution in [1.29, 1.82) is 0 Å². The molecule has 2 atom stereocenters. The first-order valence-corrected chi connectivity index (χ1v) is 11.5. The molecular weight excluding hydrogens is 378 g/mol. The summed E-state index contributed by atoms with van der Waals surface area (Å²) in [6, 6.07) is 4.60. The van der Waals surface area contributed by atoms with Crippen molar-refractivity contribution in [3.05, 3.63) is 29.6 Å². The quantitative estimate of drug-likeness (QED) is 0.572. The van der Waals surface area contributed by atoms with Crippen LogP contribution in [0, 0.1) is 6.92 Å². The highest BCUT2D eigenvalue weighted by molar-refractivity contribution is 5.85. The lowest BCUT2D eigenvalue weighted by Gasteiger charge is -2.34. The third-order valence-electron chi connectivity index (χ3n) is 6.41. The first-order chi connectivity index (χ1) is 14.6. The molecular formula is C24H35N3O3. The fourth-order valence-electron chi connectivity index (χ4n) is 4.61. The molecule has 0 radical (unpaired) electrons. The highest BCUT2D eigenvalue weighted by Crippen LogP contribution is 2.38. The van der Waals surface area contributed by atoms with Gasteiger partial charge in [0.1, 0.15) is 11.8 Å². The molecule has 164 valence electrons. The van der Waals surface area contributed by atoms with E-state index in [1.165, 1.54) is 5.56 Å². The number of aromatic nitrogens is 2. The van der Waals surface area contributed by atoms with E-state index in [0.717, 1.165) is 74.8 Å². The van der Waals surface area contributed by atoms with E-state index in [-0.39, 0.29) is 18.1 Å². The zero-order valence-electron chi connectivity index (χ0n) is 18.6. The molecule has 1 saturated carbocycles. The van der Waals surface area contributed by atoms with E-state index in [1.54, 1.807) is 7.11 Å². The molecule has 0 unspecified atom stereocenters. The number of pyridine rings is 1. The number of carbonyl (C=O) groups excluding carboxylic acids is 1. The summed E-state index contributed by atoms with van der Waals surface area (Å²) in [6.45, 7) is 6.59. The van der Waals surface area contributed by atoms with Crippen LogP contribution in [0.2, 0.25) is 0 Å². The van der Waals surface area contributed by atoms with Gasteiger partial charge in [0.15, 0.2) is 0 Å². The smallest absolute Gasteiger partial charge is 0.252 e. The maximum absolute atomic E-state index is 13.4. The summed E-state index contributed by atoms with van der Waals surface area (Å²) in [4.78, 5) is 20.3. The molecule has 2 fully saturated rings. The zero-order valence-corrected chi connectivity index (χ0v) is 18.6. The van der Waals surface area contributed by atoms with Crippen molar-refractivity contribution in [1.82, 2.24) is 14.5 Å². The van der Waals surface area contributed by atoms with Crippen LogP contribution in [0.1, 0.15) is 69.2 Å². The maximum Gasteiger partial charge on any atom is 0.252 e. The Balaban J connectivity index is 1.62. The van der Waals surface area contributed by atoms with E-state index < -0.39 is 0 Å². The molecule has 0 aromatic carbocycles. The average Bonchev–Trinajstić information content (AvgIpc) is 3.53. The van der Waals surface area contributed by atoms with Gasteiger partial charge in [-0.3, -0.25) is 4.79 Å². The van der Waals surface area contributed by atoms with Crippen molar-refractivity contribution in [2.75, 3.05) is 20.3 Å². The number of amides is 1. The lowest BCUT2D eigenvalue weighted by atomic mass is 10.0. The van der Waals surface area contributed by atoms with Gasteiger partial charge in [-0.2, -0.15) is 0 Å². The number of ether oxygens (including phenoxy) is 2. The van der Waals surface area contributed by atoms with Gasteiger partial charge in [0.25, 0.3) is 5.91 Å². The van der Waals surface area contributed by atoms with E-state index in [4.69, 9.17) is 14.5 Å². The van der Waals surface area contributed by atoms with Gasteiger partial charge >= 0.3 is 0 Å². The van der Waals surface area contributed by atoms with Crippen LogP contribution < -0.4 is 0 Å². The van der Waals surface area contributed by atoms with Gasteiger partial charge in [-0.25, -0.2) is 4.98 Å². The number of carbonyl (C=O) groups is 1. The molecule has 1 aliphatic heterocycles. The van der Waals surface area contributed by atoms with Gasteiger partial charge in [-0.1, -0.05) is 0 Å². The highest BCUT2D eigenvalue weighted by Gasteiger charge is 2.40. The Morgan fingerprint density at radius 3 is 2.83 bits per heavy atom. The summed E-state index contributed by atoms with van der Waals surface area (Å²) in [5.74, 6) is 0.172. The second-order valence-electron chi connectivity index (χ2n) is 8.81. The largest absolute Gasteiger partial charge is 0.385 e. The number of aryl methyl sites for hydroxylation is 2. The second kappa shape index (κ2) is 9.48. The fraction of sp³-hybridized carbons (Fsp3) is 0.667. The molecule has 1 aliphatic carbocycles. The molecule has 0 bridgehead atoms. The minimum atomic E-state index is -0.274. The van der Waals surface area contributed by atoms with Gasteiger partial charge < -0.3 is 18.9 Å². The Labute approximate surface area is 179 Å². The molecule has 4 rings (SSSR count). The van der Waals surface area contributed by atoms with Crippen molar-refractivity contribution in [3.63, 3.8) is 0 Å². The van der Waals surface area contributed by atoms with E-state index in [0.29, 0.717) is 12.6 Å². The molecule has 1 amide bonds. The molecule has 2 aliphatic rings. The number of methoxy groups -OCH3 is 1. The van der Waals surface area contributed by atoms with E-state index in [2.05, 4.69) is 34.7 Å². The molecule has 0 spiro atoms. The molecule has 0 N–H and O–H groups in total. The van der Waals surface area contributed by atoms with Crippen LogP contribution >= 0.6 is 0 Å². The molecule has 2 aromatic heterocycles. The lowest BCUT2D eigenvalue weighted by Crippen LogP contribution is -2.44. The average molecular weight is 414 g/mol. The third kappa shape index (κ3) is 4.54. The molecule has 3 heterocycles. The van der Waals surface area contributed by atoms with Crippen LogP contribution in [0.15, 0.2) is 18.3 Å². The van der Waals surface area contributed by atoms with Crippen molar-refractivity contribution >= 4 is 16.9 Å². The summed E-state index contributed by atoms with van der Waals surface area (Å²) < 4.78 is 13.3. The Morgan fingerprint density at radius 1 is 1.30 bits per heavy atom. The molecule has 1 saturated heterocycles. The summed E-state index contributed by atoms with van der Waals surface area (Å²) >= 11 is 0. The molecule has 6 heteroatoms. The van der Waals surface area contributed by atoms with Crippen molar-refractivity contribution in [2.45, 2.75) is 83.5 Å². The number of fused-ring (bicyclic) bond motifs is 1. The SMILES string of the molecule is COCCCCn1cc([C@@H](C)N(C(=O)[C@H]2CCCCO2)C2CC2)c2ccc(C)nc21. The molecule has 6 nitrogen and oxygen atoms in total. The zero-order chi connectivity index (χ0) is 21.1. The maximum atomic E-state index is 13.4. The number of hydrogen-bond acceptors (Lipinski definition) is 4. The van der Waals surface area contributed by atoms with Crippen LogP contribution in [-0.2, 0) is 20.8 Å². The standard InChI is InChI=1S/C24H35N3O3/c1-17-9-12-20-21(16-26(23(20)25-17)13-5-7-14-29-3)18(2)27(19-10-11-19)24(28)22-8-4-6-15-30-22/h9,12,16,18-19,22H,4-8,10-11,13-15H2,1-3H3/t18-,22-/m1/s1. The molecule has 30 heavy (non-hydrogen) atoms. The minimum absolute atomic E-state index is 0.0164. The van der Waals surface area contributed by atoms with Gasteiger partial charge in [0, 0.05) is 55.8 Å². The van der Waals surface area contributed by atoms with E-state index in [9.17, 15) is 4.79 Å². The Kier molecular flexibility index (Phi) is 6.74. The Hall–Kier alpha value is -1.92. The fourth-order valence-corrected chi connectivity index (χ4v) is 4.61. The normalized spacial score (nSPS) is 20.4. The van der Waals surface area contributed by atoms with Crippen molar-refractivity contribution in [2.24, 2.45) is 0 Å². The second-order valence-corrected chi connectivity index (χ2v) is 8.81. The predicted octanol–water partition coefficient (Wildman–Crippen LogP) is 4.39. The predicted molar refractivity (Wildman–Crippen MR) is 117 cm³/mol. The number of rotatable bonds is 9. The van der Waals surface area contributed by atoms with Gasteiger partial charge in [0.2, 0.25) is 0 Å². The van der Waals surface area contributed by atoms with Crippen LogP contribution in [-0.4, -0.2) is 52.8 Å². The van der Waals surface area contributed by atoms with Crippen LogP contribution in [0.5, 0.6) is 0 Å². The van der Waals surface area contributed by atoms with Crippen molar-refractivity contribution < 1.29 is 14.3 Å². The van der Waals surface area contributed by atoms with E-state index >= 15 is 0 Å². The first kappa shape index (κ1) is 21.3. The van der Waals surface area contributed by atoms with Crippen LogP contribution in [0.4, 0.5) is 0 Å². The monoisotopic (exact) mass is 413 g/mol. The lowest BCUT2D eigenvalue weighted by molar-refractivity contribution is -0.149. The Morgan fingerprint density at radius 2 is 2.13 bits per heavy atom. The number of hydrogen-bond donors (Lipinski definition) is 0. The summed E-state index contributed by atoms with van der Waals surface area (Å²) in [5, 5.41) is 1.16. The summed E-state index contributed by atoms with van der Waals surface area (Å²) in [6.07, 6.45) is 9.18.